The Kier molecular flexibility index (Phi) is 11.4. The lowest BCUT2D eigenvalue weighted by atomic mass is 9.83. The van der Waals surface area contributed by atoms with Crippen LogP contribution in [0.2, 0.25) is 0 Å². The second-order valence-electron chi connectivity index (χ2n) is 11.6. The predicted octanol–water partition coefficient (Wildman–Crippen LogP) is 6.01. The first-order valence-electron chi connectivity index (χ1n) is 15.5. The van der Waals surface area contributed by atoms with Gasteiger partial charge in [0.25, 0.3) is 0 Å². The zero-order chi connectivity index (χ0) is 30.1. The molecule has 0 atom stereocenters. The van der Waals surface area contributed by atoms with Crippen LogP contribution in [0.1, 0.15) is 80.1 Å². The fraction of sp³-hybridized carbons (Fsp3) is 0.529. The summed E-state index contributed by atoms with van der Waals surface area (Å²) < 4.78 is 8.09. The van der Waals surface area contributed by atoms with E-state index in [0.29, 0.717) is 19.1 Å². The Labute approximate surface area is 249 Å². The summed E-state index contributed by atoms with van der Waals surface area (Å²) in [4.78, 5) is 28.8. The minimum atomic E-state index is -0.974. The van der Waals surface area contributed by atoms with Crippen molar-refractivity contribution in [2.45, 2.75) is 70.8 Å². The Morgan fingerprint density at radius 3 is 2.29 bits per heavy atom. The number of aliphatic hydroxyl groups is 1. The number of hydrogen-bond donors (Lipinski definition) is 2. The smallest absolute Gasteiger partial charge is 0.335 e. The number of amides is 1. The standard InChI is InChI=1S/C34H47N3O5/c1-4-36(20-21-38)19-10-22-42-28-16-13-26(14-17-28)33-32(25-11-8-6-5-7-9-12-25)29-18-15-27(34(40)41)23-30(29)37(33)24-31(39)35(2)3/h13-18,23,25,38H,4-12,19-22,24H2,1-3H3,(H,40,41). The first kappa shape index (κ1) is 31.6. The first-order valence-corrected chi connectivity index (χ1v) is 15.5. The van der Waals surface area contributed by atoms with Gasteiger partial charge in [-0.25, -0.2) is 4.79 Å². The Morgan fingerprint density at radius 2 is 1.67 bits per heavy atom. The van der Waals surface area contributed by atoms with Crippen molar-refractivity contribution in [3.05, 3.63) is 53.6 Å². The van der Waals surface area contributed by atoms with Crippen LogP contribution in [0.15, 0.2) is 42.5 Å². The van der Waals surface area contributed by atoms with Gasteiger partial charge in [-0.05, 0) is 79.3 Å². The number of aromatic nitrogens is 1. The maximum Gasteiger partial charge on any atom is 0.335 e. The molecule has 0 unspecified atom stereocenters. The van der Waals surface area contributed by atoms with Gasteiger partial charge in [0.15, 0.2) is 0 Å². The molecule has 8 nitrogen and oxygen atoms in total. The molecule has 1 fully saturated rings. The van der Waals surface area contributed by atoms with Crippen LogP contribution >= 0.6 is 0 Å². The van der Waals surface area contributed by atoms with E-state index in [9.17, 15) is 19.8 Å². The lowest BCUT2D eigenvalue weighted by Crippen LogP contribution is -2.28. The van der Waals surface area contributed by atoms with Gasteiger partial charge in [-0.3, -0.25) is 4.79 Å². The maximum absolute atomic E-state index is 13.1. The lowest BCUT2D eigenvalue weighted by molar-refractivity contribution is -0.129. The number of carbonyl (C=O) groups excluding carboxylic acids is 1. The highest BCUT2D eigenvalue weighted by molar-refractivity contribution is 5.99. The summed E-state index contributed by atoms with van der Waals surface area (Å²) in [5.74, 6) is 0.111. The van der Waals surface area contributed by atoms with E-state index in [1.54, 1.807) is 31.1 Å². The molecule has 4 rings (SSSR count). The molecule has 3 aromatic rings. The van der Waals surface area contributed by atoms with Crippen molar-refractivity contribution in [2.24, 2.45) is 0 Å². The van der Waals surface area contributed by atoms with Crippen LogP contribution in [-0.2, 0) is 11.3 Å². The van der Waals surface area contributed by atoms with Crippen molar-refractivity contribution >= 4 is 22.8 Å². The SMILES string of the molecule is CCN(CCO)CCCOc1ccc(-c2c(C3CCCCCCC3)c3ccc(C(=O)O)cc3n2CC(=O)N(C)C)cc1. The van der Waals surface area contributed by atoms with Crippen molar-refractivity contribution in [1.29, 1.82) is 0 Å². The Morgan fingerprint density at radius 1 is 0.976 bits per heavy atom. The van der Waals surface area contributed by atoms with Crippen LogP contribution in [0.5, 0.6) is 5.75 Å². The van der Waals surface area contributed by atoms with Gasteiger partial charge in [0.05, 0.1) is 30.0 Å². The minimum absolute atomic E-state index is 0.0413. The van der Waals surface area contributed by atoms with Crippen molar-refractivity contribution in [3.8, 4) is 17.0 Å². The largest absolute Gasteiger partial charge is 0.494 e. The molecular weight excluding hydrogens is 530 g/mol. The monoisotopic (exact) mass is 577 g/mol. The van der Waals surface area contributed by atoms with Crippen LogP contribution in [0.4, 0.5) is 0 Å². The average Bonchev–Trinajstić information content (AvgIpc) is 3.27. The van der Waals surface area contributed by atoms with Crippen molar-refractivity contribution in [1.82, 2.24) is 14.4 Å². The van der Waals surface area contributed by atoms with Gasteiger partial charge in [0.2, 0.25) is 5.91 Å². The first-order chi connectivity index (χ1) is 20.3. The molecule has 1 aliphatic rings. The van der Waals surface area contributed by atoms with Crippen molar-refractivity contribution in [2.75, 3.05) is 46.9 Å². The van der Waals surface area contributed by atoms with E-state index >= 15 is 0 Å². The highest BCUT2D eigenvalue weighted by Crippen LogP contribution is 2.44. The van der Waals surface area contributed by atoms with Crippen LogP contribution in [0.3, 0.4) is 0 Å². The van der Waals surface area contributed by atoms with Crippen LogP contribution in [-0.4, -0.2) is 83.4 Å². The Balaban J connectivity index is 1.74. The molecule has 1 saturated carbocycles. The van der Waals surface area contributed by atoms with Crippen LogP contribution in [0.25, 0.3) is 22.2 Å². The average molecular weight is 578 g/mol. The van der Waals surface area contributed by atoms with Gasteiger partial charge in [0, 0.05) is 32.6 Å². The summed E-state index contributed by atoms with van der Waals surface area (Å²) in [5.41, 5.74) is 4.24. The topological polar surface area (TPSA) is 95.2 Å². The zero-order valence-corrected chi connectivity index (χ0v) is 25.5. The molecule has 0 bridgehead atoms. The molecule has 1 heterocycles. The van der Waals surface area contributed by atoms with Crippen LogP contribution < -0.4 is 4.74 Å². The molecule has 1 aliphatic carbocycles. The zero-order valence-electron chi connectivity index (χ0n) is 25.5. The summed E-state index contributed by atoms with van der Waals surface area (Å²) in [6.07, 6.45) is 9.11. The predicted molar refractivity (Wildman–Crippen MR) is 167 cm³/mol. The Bertz CT molecular complexity index is 1320. The Hall–Kier alpha value is -3.36. The third kappa shape index (κ3) is 7.72. The molecule has 2 N–H and O–H groups in total. The summed E-state index contributed by atoms with van der Waals surface area (Å²) in [6.45, 7) is 5.42. The molecule has 0 radical (unpaired) electrons. The number of benzene rings is 2. The van der Waals surface area contributed by atoms with E-state index in [4.69, 9.17) is 4.74 Å². The van der Waals surface area contributed by atoms with Gasteiger partial charge in [-0.1, -0.05) is 45.1 Å². The number of nitrogens with zero attached hydrogens (tertiary/aromatic N) is 3. The molecule has 0 saturated heterocycles. The van der Waals surface area contributed by atoms with Crippen molar-refractivity contribution < 1.29 is 24.5 Å². The second kappa shape index (κ2) is 15.2. The third-order valence-electron chi connectivity index (χ3n) is 8.53. The number of hydrogen-bond acceptors (Lipinski definition) is 5. The van der Waals surface area contributed by atoms with Gasteiger partial charge in [-0.15, -0.1) is 0 Å². The third-order valence-corrected chi connectivity index (χ3v) is 8.53. The number of rotatable bonds is 13. The number of fused-ring (bicyclic) bond motifs is 1. The molecule has 1 aromatic heterocycles. The number of aromatic carboxylic acids is 1. The number of aliphatic hydroxyl groups excluding tert-OH is 1. The fourth-order valence-electron chi connectivity index (χ4n) is 6.18. The van der Waals surface area contributed by atoms with Crippen LogP contribution in [0, 0.1) is 0 Å². The second-order valence-corrected chi connectivity index (χ2v) is 11.6. The van der Waals surface area contributed by atoms with E-state index < -0.39 is 5.97 Å². The fourth-order valence-corrected chi connectivity index (χ4v) is 6.18. The molecule has 0 aliphatic heterocycles. The van der Waals surface area contributed by atoms with Gasteiger partial charge < -0.3 is 29.3 Å². The normalized spacial score (nSPS) is 14.6. The van der Waals surface area contributed by atoms with E-state index in [0.717, 1.165) is 60.3 Å². The molecule has 0 spiro atoms. The molecule has 1 amide bonds. The number of likely N-dealkylation sites (N-methyl/N-ethyl adjacent to an activating group) is 2. The van der Waals surface area contributed by atoms with E-state index in [1.807, 2.05) is 22.8 Å². The highest BCUT2D eigenvalue weighted by atomic mass is 16.5. The summed E-state index contributed by atoms with van der Waals surface area (Å²) in [6, 6.07) is 13.5. The van der Waals surface area contributed by atoms with Crippen molar-refractivity contribution in [3.63, 3.8) is 0 Å². The quantitative estimate of drug-likeness (QED) is 0.242. The molecule has 228 valence electrons. The molecule has 2 aromatic carbocycles. The van der Waals surface area contributed by atoms with E-state index in [2.05, 4.69) is 24.0 Å². The molecular formula is C34H47N3O5. The number of ether oxygens (including phenoxy) is 1. The van der Waals surface area contributed by atoms with E-state index in [1.165, 1.54) is 37.7 Å². The minimum Gasteiger partial charge on any atom is -0.494 e. The lowest BCUT2D eigenvalue weighted by Gasteiger charge is -2.22. The molecule has 8 heteroatoms. The van der Waals surface area contributed by atoms with Gasteiger partial charge in [0.1, 0.15) is 12.3 Å². The van der Waals surface area contributed by atoms with Gasteiger partial charge >= 0.3 is 5.97 Å². The number of carbonyl (C=O) groups is 2. The number of carboxylic acid groups (broad SMARTS) is 1. The summed E-state index contributed by atoms with van der Waals surface area (Å²) in [5, 5.41) is 20.0. The molecule has 42 heavy (non-hydrogen) atoms. The summed E-state index contributed by atoms with van der Waals surface area (Å²) >= 11 is 0. The maximum atomic E-state index is 13.1. The highest BCUT2D eigenvalue weighted by Gasteiger charge is 2.27. The summed E-state index contributed by atoms with van der Waals surface area (Å²) in [7, 11) is 3.50. The van der Waals surface area contributed by atoms with E-state index in [-0.39, 0.29) is 24.6 Å². The number of carboxylic acids is 1. The van der Waals surface area contributed by atoms with Gasteiger partial charge in [-0.2, -0.15) is 0 Å².